The third kappa shape index (κ3) is 7.53. The van der Waals surface area contributed by atoms with Crippen LogP contribution < -0.4 is 15.4 Å². The zero-order chi connectivity index (χ0) is 32.5. The first kappa shape index (κ1) is 32.9. The molecule has 2 atom stereocenters. The smallest absolute Gasteiger partial charge is 0.428 e. The number of urea groups is 1. The average molecular weight is 640 g/mol. The van der Waals surface area contributed by atoms with Gasteiger partial charge in [0, 0.05) is 31.4 Å². The molecule has 1 aliphatic rings. The number of nitrogens with one attached hydrogen (secondary N) is 2. The molecule has 1 aliphatic carbocycles. The third-order valence-corrected chi connectivity index (χ3v) is 7.01. The number of hydrogen-bond donors (Lipinski definition) is 2. The van der Waals surface area contributed by atoms with E-state index >= 15 is 0 Å². The van der Waals surface area contributed by atoms with Gasteiger partial charge in [-0.2, -0.15) is 30.7 Å². The lowest BCUT2D eigenvalue weighted by molar-refractivity contribution is -0.253. The summed E-state index contributed by atoms with van der Waals surface area (Å²) in [5.74, 6) is -7.38. The second kappa shape index (κ2) is 12.2. The zero-order valence-electron chi connectivity index (χ0n) is 22.3. The molecule has 2 amide bonds. The van der Waals surface area contributed by atoms with Gasteiger partial charge in [0.15, 0.2) is 0 Å². The molecule has 3 aromatic carbocycles. The number of ether oxygens (including phenoxy) is 1. The first-order valence-corrected chi connectivity index (χ1v) is 12.9. The van der Waals surface area contributed by atoms with Gasteiger partial charge in [0.2, 0.25) is 5.92 Å². The van der Waals surface area contributed by atoms with Crippen LogP contribution in [-0.4, -0.2) is 30.5 Å². The Morgan fingerprint density at radius 2 is 1.61 bits per heavy atom. The standard InChI is InChI=1S/C29H23F11N2O2/c30-19-10-18(11-21(13-19)44-29(39,40)24(32)33)27(14-16-4-2-1-3-5-16,17-6-7-23(31)22(12-17)28(36,37)38)42-25(43)41-20-8-9-26(34,35)15-20/h1-7,10-13,20,24H,8-9,14-15H2,(H2,41,42,43)/t20-,27-/m1/s1. The normalized spacial score (nSPS) is 18.1. The molecule has 0 heterocycles. The highest BCUT2D eigenvalue weighted by atomic mass is 19.4. The van der Waals surface area contributed by atoms with Gasteiger partial charge in [-0.1, -0.05) is 36.4 Å². The molecule has 238 valence electrons. The van der Waals surface area contributed by atoms with E-state index in [1.165, 1.54) is 24.3 Å². The number of amides is 2. The molecule has 15 heteroatoms. The number of halogens is 11. The summed E-state index contributed by atoms with van der Waals surface area (Å²) in [5, 5.41) is 4.64. The first-order chi connectivity index (χ1) is 20.4. The predicted octanol–water partition coefficient (Wildman–Crippen LogP) is 8.19. The summed E-state index contributed by atoms with van der Waals surface area (Å²) in [4.78, 5) is 13.3. The van der Waals surface area contributed by atoms with Crippen LogP contribution in [0.5, 0.6) is 5.75 Å². The number of rotatable bonds is 9. The fourth-order valence-corrected chi connectivity index (χ4v) is 5.03. The third-order valence-electron chi connectivity index (χ3n) is 7.01. The van der Waals surface area contributed by atoms with Crippen LogP contribution in [0.1, 0.15) is 41.5 Å². The number of carbonyl (C=O) groups excluding carboxylic acids is 1. The van der Waals surface area contributed by atoms with Gasteiger partial charge in [-0.25, -0.2) is 22.4 Å². The Morgan fingerprint density at radius 1 is 0.932 bits per heavy atom. The van der Waals surface area contributed by atoms with Gasteiger partial charge in [0.25, 0.3) is 0 Å². The van der Waals surface area contributed by atoms with E-state index < -0.39 is 95.6 Å². The molecule has 4 nitrogen and oxygen atoms in total. The van der Waals surface area contributed by atoms with Gasteiger partial charge in [-0.05, 0) is 47.4 Å². The number of hydrogen-bond acceptors (Lipinski definition) is 2. The molecular weight excluding hydrogens is 617 g/mol. The van der Waals surface area contributed by atoms with Crippen molar-refractivity contribution in [1.29, 1.82) is 0 Å². The van der Waals surface area contributed by atoms with Crippen molar-refractivity contribution in [2.45, 2.75) is 61.9 Å². The molecule has 0 aromatic heterocycles. The Hall–Kier alpha value is -4.04. The molecule has 0 aliphatic heterocycles. The molecule has 0 radical (unpaired) electrons. The Morgan fingerprint density at radius 3 is 2.20 bits per heavy atom. The lowest BCUT2D eigenvalue weighted by Gasteiger charge is -2.37. The first-order valence-electron chi connectivity index (χ1n) is 12.9. The lowest BCUT2D eigenvalue weighted by Crippen LogP contribution is -2.54. The molecular formula is C29H23F11N2O2. The van der Waals surface area contributed by atoms with Crippen molar-refractivity contribution in [3.05, 3.63) is 101 Å². The topological polar surface area (TPSA) is 50.4 Å². The predicted molar refractivity (Wildman–Crippen MR) is 135 cm³/mol. The molecule has 0 spiro atoms. The molecule has 3 aromatic rings. The molecule has 1 saturated carbocycles. The van der Waals surface area contributed by atoms with E-state index in [0.717, 1.165) is 6.07 Å². The van der Waals surface area contributed by atoms with E-state index in [2.05, 4.69) is 15.4 Å². The maximum atomic E-state index is 14.9. The van der Waals surface area contributed by atoms with E-state index in [-0.39, 0.29) is 12.0 Å². The van der Waals surface area contributed by atoms with Gasteiger partial charge in [-0.15, -0.1) is 0 Å². The van der Waals surface area contributed by atoms with E-state index in [9.17, 15) is 53.1 Å². The van der Waals surface area contributed by atoms with Crippen LogP contribution in [-0.2, 0) is 18.1 Å². The van der Waals surface area contributed by atoms with Gasteiger partial charge >= 0.3 is 24.7 Å². The van der Waals surface area contributed by atoms with Crippen molar-refractivity contribution in [2.24, 2.45) is 0 Å². The van der Waals surface area contributed by atoms with Crippen LogP contribution >= 0.6 is 0 Å². The quantitative estimate of drug-likeness (QED) is 0.232. The molecule has 44 heavy (non-hydrogen) atoms. The van der Waals surface area contributed by atoms with Crippen molar-refractivity contribution in [1.82, 2.24) is 10.6 Å². The van der Waals surface area contributed by atoms with Gasteiger partial charge in [0.1, 0.15) is 17.4 Å². The van der Waals surface area contributed by atoms with Crippen molar-refractivity contribution in [3.8, 4) is 5.75 Å². The zero-order valence-corrected chi connectivity index (χ0v) is 22.3. The van der Waals surface area contributed by atoms with Crippen molar-refractivity contribution in [3.63, 3.8) is 0 Å². The van der Waals surface area contributed by atoms with E-state index in [4.69, 9.17) is 0 Å². The molecule has 0 unspecified atom stereocenters. The number of benzene rings is 3. The minimum absolute atomic E-state index is 0.165. The Balaban J connectivity index is 1.94. The largest absolute Gasteiger partial charge is 0.461 e. The van der Waals surface area contributed by atoms with E-state index in [1.54, 1.807) is 6.07 Å². The summed E-state index contributed by atoms with van der Waals surface area (Å²) in [6.07, 6.45) is -16.8. The molecule has 4 rings (SSSR count). The van der Waals surface area contributed by atoms with Gasteiger partial charge in [-0.3, -0.25) is 0 Å². The van der Waals surface area contributed by atoms with E-state index in [0.29, 0.717) is 30.3 Å². The second-order valence-corrected chi connectivity index (χ2v) is 10.3. The molecule has 0 bridgehead atoms. The summed E-state index contributed by atoms with van der Waals surface area (Å²) in [6, 6.07) is 8.19. The maximum Gasteiger partial charge on any atom is 0.461 e. The van der Waals surface area contributed by atoms with Crippen LogP contribution in [0, 0.1) is 11.6 Å². The van der Waals surface area contributed by atoms with Crippen molar-refractivity contribution in [2.75, 3.05) is 0 Å². The van der Waals surface area contributed by atoms with Crippen molar-refractivity contribution >= 4 is 6.03 Å². The fraction of sp³-hybridized carbons (Fsp3) is 0.345. The van der Waals surface area contributed by atoms with Crippen LogP contribution in [0.2, 0.25) is 0 Å². The second-order valence-electron chi connectivity index (χ2n) is 10.3. The Bertz CT molecular complexity index is 1480. The van der Waals surface area contributed by atoms with Crippen LogP contribution in [0.4, 0.5) is 53.1 Å². The maximum absolute atomic E-state index is 14.9. The van der Waals surface area contributed by atoms with Crippen LogP contribution in [0.3, 0.4) is 0 Å². The summed E-state index contributed by atoms with van der Waals surface area (Å²) in [6.45, 7) is 0. The summed E-state index contributed by atoms with van der Waals surface area (Å²) in [7, 11) is 0. The number of alkyl halides is 9. The number of carbonyl (C=O) groups is 1. The SMILES string of the molecule is O=C(N[C@@H]1CCC(F)(F)C1)N[C@@](Cc1ccccc1)(c1cc(F)cc(OC(F)(F)C(F)F)c1)c1ccc(F)c(C(F)(F)F)c1. The highest BCUT2D eigenvalue weighted by Gasteiger charge is 2.46. The van der Waals surface area contributed by atoms with E-state index in [1.807, 2.05) is 0 Å². The highest BCUT2D eigenvalue weighted by molar-refractivity contribution is 5.76. The van der Waals surface area contributed by atoms with Gasteiger partial charge < -0.3 is 15.4 Å². The molecule has 2 N–H and O–H groups in total. The monoisotopic (exact) mass is 640 g/mol. The Kier molecular flexibility index (Phi) is 9.08. The minimum Gasteiger partial charge on any atom is -0.428 e. The van der Waals surface area contributed by atoms with Crippen LogP contribution in [0.15, 0.2) is 66.7 Å². The van der Waals surface area contributed by atoms with Crippen molar-refractivity contribution < 1.29 is 57.8 Å². The molecule has 0 saturated heterocycles. The van der Waals surface area contributed by atoms with Crippen LogP contribution in [0.25, 0.3) is 0 Å². The molecule has 1 fully saturated rings. The Labute approximate surface area is 243 Å². The summed E-state index contributed by atoms with van der Waals surface area (Å²) >= 11 is 0. The fourth-order valence-electron chi connectivity index (χ4n) is 5.03. The van der Waals surface area contributed by atoms with Gasteiger partial charge in [0.05, 0.1) is 11.1 Å². The minimum atomic E-state index is -5.27. The summed E-state index contributed by atoms with van der Waals surface area (Å²) < 4.78 is 156. The summed E-state index contributed by atoms with van der Waals surface area (Å²) in [5.41, 5.74) is -5.03. The average Bonchev–Trinajstić information content (AvgIpc) is 3.25. The lowest BCUT2D eigenvalue weighted by atomic mass is 9.77. The highest BCUT2D eigenvalue weighted by Crippen LogP contribution is 2.41.